The molecule has 0 saturated carbocycles. The fraction of sp³-hybridized carbons (Fsp3) is 0.333. The summed E-state index contributed by atoms with van der Waals surface area (Å²) in [5.41, 5.74) is 4.04. The van der Waals surface area contributed by atoms with Gasteiger partial charge >= 0.3 is 0 Å². The number of carbonyl (C=O) groups excluding carboxylic acids is 1. The average Bonchev–Trinajstić information content (AvgIpc) is 2.71. The Morgan fingerprint density at radius 1 is 1.30 bits per heavy atom. The molecule has 0 bridgehead atoms. The van der Waals surface area contributed by atoms with Gasteiger partial charge in [-0.15, -0.1) is 0 Å². The lowest BCUT2D eigenvalue weighted by atomic mass is 10.1. The fourth-order valence-electron chi connectivity index (χ4n) is 2.19. The molecule has 2 N–H and O–H groups in total. The summed E-state index contributed by atoms with van der Waals surface area (Å²) in [4.78, 5) is 14.4. The molecule has 1 amide bonds. The number of anilines is 1. The van der Waals surface area contributed by atoms with Gasteiger partial charge in [-0.05, 0) is 39.6 Å². The van der Waals surface area contributed by atoms with Crippen molar-refractivity contribution in [2.24, 2.45) is 0 Å². The maximum atomic E-state index is 12.4. The number of hydrogen-bond donors (Lipinski definition) is 2. The molecule has 0 aliphatic carbocycles. The molecule has 1 heterocycles. The molecule has 5 nitrogen and oxygen atoms in total. The number of aromatic nitrogens is 2. The first kappa shape index (κ1) is 14.3. The highest BCUT2D eigenvalue weighted by molar-refractivity contribution is 6.06. The number of benzene rings is 1. The van der Waals surface area contributed by atoms with Crippen LogP contribution in [0.3, 0.4) is 0 Å². The van der Waals surface area contributed by atoms with E-state index in [0.717, 1.165) is 23.5 Å². The lowest BCUT2D eigenvalue weighted by molar-refractivity contribution is 0.102. The highest BCUT2D eigenvalue weighted by Gasteiger charge is 2.16. The highest BCUT2D eigenvalue weighted by atomic mass is 16.1. The van der Waals surface area contributed by atoms with E-state index in [0.29, 0.717) is 11.3 Å². The SMILES string of the molecule is Cc1n[nH]c(C)c1C(=O)Nc1ccccc1CN(C)C. The van der Waals surface area contributed by atoms with E-state index in [1.54, 1.807) is 0 Å². The quantitative estimate of drug-likeness (QED) is 0.898. The van der Waals surface area contributed by atoms with E-state index in [1.165, 1.54) is 0 Å². The Balaban J connectivity index is 2.24. The maximum absolute atomic E-state index is 12.4. The van der Waals surface area contributed by atoms with Crippen molar-refractivity contribution in [2.45, 2.75) is 20.4 Å². The first-order valence-electron chi connectivity index (χ1n) is 6.54. The van der Waals surface area contributed by atoms with Gasteiger partial charge in [0, 0.05) is 17.9 Å². The summed E-state index contributed by atoms with van der Waals surface area (Å²) < 4.78 is 0. The second-order valence-corrected chi connectivity index (χ2v) is 5.16. The van der Waals surface area contributed by atoms with Gasteiger partial charge in [-0.25, -0.2) is 0 Å². The molecule has 106 valence electrons. The van der Waals surface area contributed by atoms with E-state index in [9.17, 15) is 4.79 Å². The van der Waals surface area contributed by atoms with Crippen molar-refractivity contribution in [1.29, 1.82) is 0 Å². The molecule has 20 heavy (non-hydrogen) atoms. The van der Waals surface area contributed by atoms with Crippen LogP contribution in [0.25, 0.3) is 0 Å². The molecule has 5 heteroatoms. The Labute approximate surface area is 119 Å². The van der Waals surface area contributed by atoms with Crippen LogP contribution in [0.5, 0.6) is 0 Å². The number of para-hydroxylation sites is 1. The Morgan fingerprint density at radius 3 is 2.60 bits per heavy atom. The van der Waals surface area contributed by atoms with Crippen molar-refractivity contribution in [3.63, 3.8) is 0 Å². The third-order valence-corrected chi connectivity index (χ3v) is 3.11. The van der Waals surface area contributed by atoms with E-state index in [2.05, 4.69) is 20.4 Å². The van der Waals surface area contributed by atoms with E-state index < -0.39 is 0 Å². The zero-order valence-electron chi connectivity index (χ0n) is 12.3. The molecule has 1 aromatic carbocycles. The van der Waals surface area contributed by atoms with Crippen LogP contribution in [-0.4, -0.2) is 35.1 Å². The molecular formula is C15H20N4O. The number of amides is 1. The van der Waals surface area contributed by atoms with Gasteiger partial charge in [0.2, 0.25) is 0 Å². The van der Waals surface area contributed by atoms with Crippen LogP contribution in [0.4, 0.5) is 5.69 Å². The summed E-state index contributed by atoms with van der Waals surface area (Å²) in [6.45, 7) is 4.45. The van der Waals surface area contributed by atoms with Crippen molar-refractivity contribution < 1.29 is 4.79 Å². The number of carbonyl (C=O) groups is 1. The van der Waals surface area contributed by atoms with E-state index >= 15 is 0 Å². The highest BCUT2D eigenvalue weighted by Crippen LogP contribution is 2.19. The number of hydrogen-bond acceptors (Lipinski definition) is 3. The molecule has 2 rings (SSSR count). The van der Waals surface area contributed by atoms with Crippen molar-refractivity contribution in [2.75, 3.05) is 19.4 Å². The molecule has 0 aliphatic rings. The first-order valence-corrected chi connectivity index (χ1v) is 6.54. The molecule has 0 aliphatic heterocycles. The van der Waals surface area contributed by atoms with Crippen LogP contribution in [0.1, 0.15) is 27.3 Å². The van der Waals surface area contributed by atoms with Gasteiger partial charge < -0.3 is 10.2 Å². The Kier molecular flexibility index (Phi) is 4.20. The Hall–Kier alpha value is -2.14. The van der Waals surface area contributed by atoms with Crippen molar-refractivity contribution in [1.82, 2.24) is 15.1 Å². The Morgan fingerprint density at radius 2 is 2.00 bits per heavy atom. The Bertz CT molecular complexity index is 597. The van der Waals surface area contributed by atoms with Gasteiger partial charge in [-0.1, -0.05) is 18.2 Å². The van der Waals surface area contributed by atoms with Gasteiger partial charge in [-0.2, -0.15) is 5.10 Å². The van der Waals surface area contributed by atoms with E-state index in [4.69, 9.17) is 0 Å². The van der Waals surface area contributed by atoms with Crippen LogP contribution in [-0.2, 0) is 6.54 Å². The number of H-pyrrole nitrogens is 1. The number of rotatable bonds is 4. The van der Waals surface area contributed by atoms with Crippen LogP contribution in [0.15, 0.2) is 24.3 Å². The van der Waals surface area contributed by atoms with Crippen LogP contribution >= 0.6 is 0 Å². The molecule has 0 saturated heterocycles. The fourth-order valence-corrected chi connectivity index (χ4v) is 2.19. The van der Waals surface area contributed by atoms with Crippen molar-refractivity contribution >= 4 is 11.6 Å². The topological polar surface area (TPSA) is 61.0 Å². The summed E-state index contributed by atoms with van der Waals surface area (Å²) >= 11 is 0. The second kappa shape index (κ2) is 5.88. The lowest BCUT2D eigenvalue weighted by Gasteiger charge is -2.14. The summed E-state index contributed by atoms with van der Waals surface area (Å²) in [5.74, 6) is -0.125. The van der Waals surface area contributed by atoms with Crippen molar-refractivity contribution in [3.05, 3.63) is 46.8 Å². The smallest absolute Gasteiger partial charge is 0.259 e. The average molecular weight is 272 g/mol. The van der Waals surface area contributed by atoms with Crippen molar-refractivity contribution in [3.8, 4) is 0 Å². The summed E-state index contributed by atoms with van der Waals surface area (Å²) in [6, 6.07) is 7.83. The van der Waals surface area contributed by atoms with Gasteiger partial charge in [0.25, 0.3) is 5.91 Å². The predicted octanol–water partition coefficient (Wildman–Crippen LogP) is 2.34. The van der Waals surface area contributed by atoms with Crippen LogP contribution in [0, 0.1) is 13.8 Å². The number of nitrogens with one attached hydrogen (secondary N) is 2. The van der Waals surface area contributed by atoms with Gasteiger partial charge in [0.15, 0.2) is 0 Å². The first-order chi connectivity index (χ1) is 9.49. The molecule has 2 aromatic rings. The minimum absolute atomic E-state index is 0.125. The number of aromatic amines is 1. The van der Waals surface area contributed by atoms with E-state index in [-0.39, 0.29) is 5.91 Å². The summed E-state index contributed by atoms with van der Waals surface area (Å²) in [6.07, 6.45) is 0. The predicted molar refractivity (Wildman–Crippen MR) is 79.8 cm³/mol. The molecule has 0 unspecified atom stereocenters. The minimum Gasteiger partial charge on any atom is -0.322 e. The zero-order chi connectivity index (χ0) is 14.7. The maximum Gasteiger partial charge on any atom is 0.259 e. The molecular weight excluding hydrogens is 252 g/mol. The van der Waals surface area contributed by atoms with Gasteiger partial charge in [0.05, 0.1) is 11.3 Å². The van der Waals surface area contributed by atoms with Crippen LogP contribution in [0.2, 0.25) is 0 Å². The lowest BCUT2D eigenvalue weighted by Crippen LogP contribution is -2.17. The standard InChI is InChI=1S/C15H20N4O/c1-10-14(11(2)18-17-10)15(20)16-13-8-6-5-7-12(13)9-19(3)4/h5-8H,9H2,1-4H3,(H,16,20)(H,17,18). The third-order valence-electron chi connectivity index (χ3n) is 3.11. The van der Waals surface area contributed by atoms with Gasteiger partial charge in [-0.3, -0.25) is 9.89 Å². The minimum atomic E-state index is -0.125. The van der Waals surface area contributed by atoms with Crippen LogP contribution < -0.4 is 5.32 Å². The summed E-state index contributed by atoms with van der Waals surface area (Å²) in [5, 5.41) is 9.86. The molecule has 0 fully saturated rings. The molecule has 0 spiro atoms. The zero-order valence-corrected chi connectivity index (χ0v) is 12.3. The molecule has 0 atom stereocenters. The van der Waals surface area contributed by atoms with E-state index in [1.807, 2.05) is 52.2 Å². The molecule has 0 radical (unpaired) electrons. The monoisotopic (exact) mass is 272 g/mol. The van der Waals surface area contributed by atoms with Gasteiger partial charge in [0.1, 0.15) is 0 Å². The largest absolute Gasteiger partial charge is 0.322 e. The number of nitrogens with zero attached hydrogens (tertiary/aromatic N) is 2. The number of aryl methyl sites for hydroxylation is 2. The summed E-state index contributed by atoms with van der Waals surface area (Å²) in [7, 11) is 4.01. The normalized spacial score (nSPS) is 10.8. The molecule has 1 aromatic heterocycles. The second-order valence-electron chi connectivity index (χ2n) is 5.16. The third kappa shape index (κ3) is 3.05.